The second-order valence-electron chi connectivity index (χ2n) is 6.67. The smallest absolute Gasteiger partial charge is 0.416 e. The number of ether oxygens (including phenoxy) is 3. The highest BCUT2D eigenvalue weighted by Crippen LogP contribution is 2.43. The lowest BCUT2D eigenvalue weighted by Crippen LogP contribution is -2.32. The SMILES string of the molecule is CCOC(=O)CC1OC(c2cccc(OC)c2Cl)c2cc(C(F)(F)F)ccc2NC1=O. The van der Waals surface area contributed by atoms with Crippen molar-refractivity contribution in [3.63, 3.8) is 0 Å². The number of fused-ring (bicyclic) bond motifs is 1. The summed E-state index contributed by atoms with van der Waals surface area (Å²) in [4.78, 5) is 24.6. The molecular weight excluding hydrogens is 439 g/mol. The van der Waals surface area contributed by atoms with E-state index in [4.69, 9.17) is 25.8 Å². The largest absolute Gasteiger partial charge is 0.495 e. The van der Waals surface area contributed by atoms with E-state index < -0.39 is 42.2 Å². The number of hydrogen-bond acceptors (Lipinski definition) is 5. The highest BCUT2D eigenvalue weighted by atomic mass is 35.5. The van der Waals surface area contributed by atoms with Crippen LogP contribution in [0.1, 0.15) is 36.1 Å². The van der Waals surface area contributed by atoms with Crippen LogP contribution in [-0.2, 0) is 25.2 Å². The molecule has 6 nitrogen and oxygen atoms in total. The van der Waals surface area contributed by atoms with Crippen molar-refractivity contribution in [2.24, 2.45) is 0 Å². The predicted octanol–water partition coefficient (Wildman–Crippen LogP) is 4.75. The summed E-state index contributed by atoms with van der Waals surface area (Å²) in [5, 5.41) is 2.65. The third kappa shape index (κ3) is 4.94. The summed E-state index contributed by atoms with van der Waals surface area (Å²) in [5.41, 5.74) is -0.471. The van der Waals surface area contributed by atoms with E-state index in [2.05, 4.69) is 5.32 Å². The van der Waals surface area contributed by atoms with Gasteiger partial charge in [-0.2, -0.15) is 13.2 Å². The molecule has 31 heavy (non-hydrogen) atoms. The molecule has 10 heteroatoms. The third-order valence-electron chi connectivity index (χ3n) is 4.66. The first-order valence-corrected chi connectivity index (χ1v) is 9.69. The lowest BCUT2D eigenvalue weighted by atomic mass is 9.97. The first-order valence-electron chi connectivity index (χ1n) is 9.31. The molecule has 2 atom stereocenters. The predicted molar refractivity (Wildman–Crippen MR) is 106 cm³/mol. The summed E-state index contributed by atoms with van der Waals surface area (Å²) in [7, 11) is 1.39. The van der Waals surface area contributed by atoms with Gasteiger partial charge in [-0.05, 0) is 31.2 Å². The number of carbonyl (C=O) groups is 2. The van der Waals surface area contributed by atoms with Crippen LogP contribution >= 0.6 is 11.6 Å². The molecule has 2 aromatic carbocycles. The Morgan fingerprint density at radius 1 is 1.23 bits per heavy atom. The van der Waals surface area contributed by atoms with Crippen LogP contribution in [0.4, 0.5) is 18.9 Å². The van der Waals surface area contributed by atoms with Crippen molar-refractivity contribution >= 4 is 29.2 Å². The first kappa shape index (κ1) is 22.9. The van der Waals surface area contributed by atoms with Crippen LogP contribution in [0.15, 0.2) is 36.4 Å². The fraction of sp³-hybridized carbons (Fsp3) is 0.333. The maximum atomic E-state index is 13.4. The maximum absolute atomic E-state index is 13.4. The van der Waals surface area contributed by atoms with Gasteiger partial charge in [-0.15, -0.1) is 0 Å². The minimum Gasteiger partial charge on any atom is -0.495 e. The van der Waals surface area contributed by atoms with Crippen molar-refractivity contribution in [3.05, 3.63) is 58.1 Å². The fourth-order valence-electron chi connectivity index (χ4n) is 3.22. The van der Waals surface area contributed by atoms with Crippen molar-refractivity contribution in [2.75, 3.05) is 19.0 Å². The summed E-state index contributed by atoms with van der Waals surface area (Å²) in [6.45, 7) is 1.72. The Balaban J connectivity index is 2.14. The molecule has 1 aliphatic heterocycles. The van der Waals surface area contributed by atoms with Crippen molar-refractivity contribution in [1.82, 2.24) is 0 Å². The third-order valence-corrected chi connectivity index (χ3v) is 5.07. The highest BCUT2D eigenvalue weighted by Gasteiger charge is 2.37. The Morgan fingerprint density at radius 3 is 2.61 bits per heavy atom. The maximum Gasteiger partial charge on any atom is 0.416 e. The van der Waals surface area contributed by atoms with E-state index in [9.17, 15) is 22.8 Å². The summed E-state index contributed by atoms with van der Waals surface area (Å²) < 4.78 is 56.0. The molecule has 1 aliphatic rings. The Kier molecular flexibility index (Phi) is 6.76. The molecule has 3 rings (SSSR count). The Labute approximate surface area is 181 Å². The van der Waals surface area contributed by atoms with E-state index in [1.807, 2.05) is 0 Å². The molecule has 1 N–H and O–H groups in total. The monoisotopic (exact) mass is 457 g/mol. The van der Waals surface area contributed by atoms with Gasteiger partial charge in [0.25, 0.3) is 5.91 Å². The molecule has 2 aromatic rings. The average molecular weight is 458 g/mol. The summed E-state index contributed by atoms with van der Waals surface area (Å²) >= 11 is 6.41. The van der Waals surface area contributed by atoms with Gasteiger partial charge >= 0.3 is 12.1 Å². The van der Waals surface area contributed by atoms with Gasteiger partial charge in [0.2, 0.25) is 0 Å². The Hall–Kier alpha value is -2.78. The zero-order chi connectivity index (χ0) is 22.8. The molecule has 1 amide bonds. The van der Waals surface area contributed by atoms with E-state index >= 15 is 0 Å². The normalized spacial score (nSPS) is 18.6. The van der Waals surface area contributed by atoms with Crippen molar-refractivity contribution in [1.29, 1.82) is 0 Å². The van der Waals surface area contributed by atoms with Crippen molar-refractivity contribution < 1.29 is 37.0 Å². The topological polar surface area (TPSA) is 73.9 Å². The van der Waals surface area contributed by atoms with Gasteiger partial charge in [0.05, 0.1) is 30.7 Å². The average Bonchev–Trinajstić information content (AvgIpc) is 2.84. The number of rotatable bonds is 5. The molecule has 0 saturated heterocycles. The molecule has 166 valence electrons. The van der Waals surface area contributed by atoms with Crippen LogP contribution < -0.4 is 10.1 Å². The van der Waals surface area contributed by atoms with Crippen LogP contribution in [0.3, 0.4) is 0 Å². The van der Waals surface area contributed by atoms with E-state index in [1.54, 1.807) is 25.1 Å². The number of carbonyl (C=O) groups excluding carboxylic acids is 2. The fourth-order valence-corrected chi connectivity index (χ4v) is 3.53. The van der Waals surface area contributed by atoms with Gasteiger partial charge in [-0.3, -0.25) is 9.59 Å². The first-order chi connectivity index (χ1) is 14.7. The number of esters is 1. The number of benzene rings is 2. The van der Waals surface area contributed by atoms with E-state index in [0.717, 1.165) is 18.2 Å². The van der Waals surface area contributed by atoms with E-state index in [1.165, 1.54) is 7.11 Å². The quantitative estimate of drug-likeness (QED) is 0.656. The second kappa shape index (κ2) is 9.15. The number of hydrogen-bond donors (Lipinski definition) is 1. The minimum atomic E-state index is -4.61. The van der Waals surface area contributed by atoms with Crippen molar-refractivity contribution in [3.8, 4) is 5.75 Å². The lowest BCUT2D eigenvalue weighted by molar-refractivity contribution is -0.150. The van der Waals surface area contributed by atoms with Crippen LogP contribution in [0.5, 0.6) is 5.75 Å². The molecule has 0 radical (unpaired) electrons. The summed E-state index contributed by atoms with van der Waals surface area (Å²) in [6, 6.07) is 7.62. The molecule has 0 aromatic heterocycles. The summed E-state index contributed by atoms with van der Waals surface area (Å²) in [6.07, 6.45) is -7.53. The van der Waals surface area contributed by atoms with Gasteiger partial charge in [0, 0.05) is 16.8 Å². The van der Waals surface area contributed by atoms with Gasteiger partial charge in [0.15, 0.2) is 0 Å². The Bertz CT molecular complexity index is 995. The lowest BCUT2D eigenvalue weighted by Gasteiger charge is -2.23. The number of alkyl halides is 3. The molecular formula is C21H19ClF3NO5. The minimum absolute atomic E-state index is 0.0460. The van der Waals surface area contributed by atoms with E-state index in [0.29, 0.717) is 0 Å². The van der Waals surface area contributed by atoms with Gasteiger partial charge < -0.3 is 19.5 Å². The van der Waals surface area contributed by atoms with Crippen LogP contribution in [0.25, 0.3) is 0 Å². The Morgan fingerprint density at radius 2 is 1.97 bits per heavy atom. The molecule has 0 spiro atoms. The molecule has 0 saturated carbocycles. The van der Waals surface area contributed by atoms with E-state index in [-0.39, 0.29) is 34.2 Å². The molecule has 0 fully saturated rings. The highest BCUT2D eigenvalue weighted by molar-refractivity contribution is 6.33. The zero-order valence-electron chi connectivity index (χ0n) is 16.6. The summed E-state index contributed by atoms with van der Waals surface area (Å²) in [5.74, 6) is -1.09. The molecule has 0 aliphatic carbocycles. The number of amides is 1. The molecule has 2 unspecified atom stereocenters. The zero-order valence-corrected chi connectivity index (χ0v) is 17.3. The second-order valence-corrected chi connectivity index (χ2v) is 7.04. The number of halogens is 4. The number of nitrogens with one attached hydrogen (secondary N) is 1. The van der Waals surface area contributed by atoms with Gasteiger partial charge in [0.1, 0.15) is 18.0 Å². The van der Waals surface area contributed by atoms with Crippen LogP contribution in [0, 0.1) is 0 Å². The van der Waals surface area contributed by atoms with Crippen LogP contribution in [-0.4, -0.2) is 31.7 Å². The van der Waals surface area contributed by atoms with Crippen LogP contribution in [0.2, 0.25) is 5.02 Å². The number of anilines is 1. The van der Waals surface area contributed by atoms with Gasteiger partial charge in [-0.25, -0.2) is 0 Å². The van der Waals surface area contributed by atoms with Crippen molar-refractivity contribution in [2.45, 2.75) is 31.7 Å². The number of methoxy groups -OCH3 is 1. The van der Waals surface area contributed by atoms with Gasteiger partial charge in [-0.1, -0.05) is 23.7 Å². The standard InChI is InChI=1S/C21H19ClF3NO5/c1-3-30-17(27)10-16-20(28)26-14-8-7-11(21(23,24)25)9-13(14)19(31-16)12-5-4-6-15(29-2)18(12)22/h4-9,16,19H,3,10H2,1-2H3,(H,26,28). The molecule has 1 heterocycles. The molecule has 0 bridgehead atoms.